The summed E-state index contributed by atoms with van der Waals surface area (Å²) < 4.78 is 5.30. The van der Waals surface area contributed by atoms with Gasteiger partial charge in [-0.15, -0.1) is 0 Å². The van der Waals surface area contributed by atoms with E-state index in [9.17, 15) is 0 Å². The third-order valence-electron chi connectivity index (χ3n) is 1.54. The van der Waals surface area contributed by atoms with E-state index < -0.39 is 12.3 Å². The van der Waals surface area contributed by atoms with Gasteiger partial charge in [0.2, 0.25) is 0 Å². The summed E-state index contributed by atoms with van der Waals surface area (Å²) in [6.45, 7) is 5.03. The number of carboxylic acid groups (broad SMARTS) is 4. The van der Waals surface area contributed by atoms with E-state index >= 15 is 0 Å². The van der Waals surface area contributed by atoms with Gasteiger partial charge in [-0.3, -0.25) is 5.26 Å². The molecule has 0 spiro atoms. The van der Waals surface area contributed by atoms with Crippen LogP contribution in [0.4, 0.5) is 9.59 Å². The van der Waals surface area contributed by atoms with Crippen LogP contribution < -0.4 is 0 Å². The monoisotopic (exact) mass is 286 g/mol. The molecule has 0 rings (SSSR count). The molecular weight excluding hydrogens is 264 g/mol. The Hall–Kier alpha value is -1.58. The van der Waals surface area contributed by atoms with Crippen LogP contribution in [0.15, 0.2) is 0 Å². The molecule has 1 atom stereocenters. The molecule has 0 saturated carbocycles. The van der Waals surface area contributed by atoms with Crippen LogP contribution in [0.1, 0.15) is 33.1 Å². The second-order valence-electron chi connectivity index (χ2n) is 3.08. The van der Waals surface area contributed by atoms with Crippen LogP contribution in [-0.2, 0) is 9.62 Å². The third kappa shape index (κ3) is 48.2. The van der Waals surface area contributed by atoms with E-state index in [1.54, 1.807) is 0 Å². The maximum absolute atomic E-state index is 8.56. The van der Waals surface area contributed by atoms with Crippen molar-refractivity contribution in [2.75, 3.05) is 13.2 Å². The molecule has 9 nitrogen and oxygen atoms in total. The minimum absolute atomic E-state index is 0.0601. The van der Waals surface area contributed by atoms with Gasteiger partial charge in [0, 0.05) is 6.61 Å². The smallest absolute Gasteiger partial charge is 0.450 e. The Labute approximate surface area is 110 Å². The van der Waals surface area contributed by atoms with Crippen LogP contribution >= 0.6 is 0 Å². The first-order chi connectivity index (χ1) is 8.81. The first-order valence-electron chi connectivity index (χ1n) is 5.53. The lowest BCUT2D eigenvalue weighted by atomic mass is 10.2. The lowest BCUT2D eigenvalue weighted by Crippen LogP contribution is -2.18. The number of ether oxygens (including phenoxy) is 1. The quantitative estimate of drug-likeness (QED) is 0.350. The summed E-state index contributed by atoms with van der Waals surface area (Å²) in [4.78, 5) is 21.1. The van der Waals surface area contributed by atoms with Crippen molar-refractivity contribution in [1.82, 2.24) is 0 Å². The molecule has 116 valence electrons. The zero-order chi connectivity index (χ0) is 15.7. The Balaban J connectivity index is -0.000000264. The van der Waals surface area contributed by atoms with Crippen LogP contribution in [-0.4, -0.2) is 57.3 Å². The molecular formula is C10H22O9. The Bertz CT molecular complexity index is 181. The van der Waals surface area contributed by atoms with Crippen molar-refractivity contribution in [2.45, 2.75) is 39.2 Å². The molecule has 0 heterocycles. The molecule has 0 aliphatic carbocycles. The minimum atomic E-state index is -1.83. The molecule has 5 N–H and O–H groups in total. The summed E-state index contributed by atoms with van der Waals surface area (Å²) in [5, 5.41) is 36.1. The number of carbonyl (C=O) groups is 2. The zero-order valence-corrected chi connectivity index (χ0v) is 11.0. The molecule has 0 aliphatic rings. The van der Waals surface area contributed by atoms with Gasteiger partial charge < -0.3 is 25.2 Å². The fourth-order valence-electron chi connectivity index (χ4n) is 0.965. The second kappa shape index (κ2) is 18.8. The molecule has 0 bridgehead atoms. The lowest BCUT2D eigenvalue weighted by Gasteiger charge is -2.13. The van der Waals surface area contributed by atoms with Crippen molar-refractivity contribution < 1.29 is 44.9 Å². The van der Waals surface area contributed by atoms with E-state index in [0.717, 1.165) is 19.3 Å². The van der Waals surface area contributed by atoms with Gasteiger partial charge in [0.05, 0.1) is 6.10 Å². The molecule has 19 heavy (non-hydrogen) atoms. The van der Waals surface area contributed by atoms with E-state index in [1.807, 2.05) is 6.92 Å². The lowest BCUT2D eigenvalue weighted by molar-refractivity contribution is -0.260. The van der Waals surface area contributed by atoms with Crippen molar-refractivity contribution in [1.29, 1.82) is 0 Å². The molecule has 1 unspecified atom stereocenters. The SMILES string of the molecule is CCCCC(COO)OCC.O=C(O)O.O=C(O)O. The van der Waals surface area contributed by atoms with E-state index in [-0.39, 0.29) is 12.7 Å². The van der Waals surface area contributed by atoms with Crippen LogP contribution in [0.5, 0.6) is 0 Å². The number of hydrogen-bond acceptors (Lipinski definition) is 5. The van der Waals surface area contributed by atoms with Crippen LogP contribution in [0.2, 0.25) is 0 Å². The maximum atomic E-state index is 8.56. The molecule has 0 aliphatic heterocycles. The molecule has 0 saturated heterocycles. The second-order valence-corrected chi connectivity index (χ2v) is 3.08. The minimum Gasteiger partial charge on any atom is -0.450 e. The van der Waals surface area contributed by atoms with Crippen LogP contribution in [0.25, 0.3) is 0 Å². The molecule has 0 aromatic carbocycles. The number of unbranched alkanes of at least 4 members (excludes halogenated alkanes) is 1. The predicted molar refractivity (Wildman–Crippen MR) is 64.8 cm³/mol. The summed E-state index contributed by atoms with van der Waals surface area (Å²) in [6.07, 6.45) is -0.376. The Morgan fingerprint density at radius 2 is 1.47 bits per heavy atom. The maximum Gasteiger partial charge on any atom is 0.503 e. The summed E-state index contributed by atoms with van der Waals surface area (Å²) in [5.41, 5.74) is 0. The van der Waals surface area contributed by atoms with Gasteiger partial charge in [-0.05, 0) is 13.3 Å². The van der Waals surface area contributed by atoms with Gasteiger partial charge in [0.1, 0.15) is 6.61 Å². The van der Waals surface area contributed by atoms with Gasteiger partial charge in [0.15, 0.2) is 0 Å². The average Bonchev–Trinajstić information content (AvgIpc) is 2.25. The van der Waals surface area contributed by atoms with Crippen molar-refractivity contribution >= 4 is 12.3 Å². The van der Waals surface area contributed by atoms with Crippen molar-refractivity contribution in [3.05, 3.63) is 0 Å². The van der Waals surface area contributed by atoms with Crippen molar-refractivity contribution in [2.24, 2.45) is 0 Å². The fourth-order valence-corrected chi connectivity index (χ4v) is 0.965. The standard InChI is InChI=1S/C8H18O3.2CH2O3/c1-3-5-6-8(7-11-9)10-4-2;2*2-1(3)4/h8-9H,3-7H2,1-2H3;2*(H2,2,3,4). The van der Waals surface area contributed by atoms with Gasteiger partial charge in [-0.1, -0.05) is 19.8 Å². The average molecular weight is 286 g/mol. The Morgan fingerprint density at radius 1 is 1.05 bits per heavy atom. The summed E-state index contributed by atoms with van der Waals surface area (Å²) >= 11 is 0. The van der Waals surface area contributed by atoms with E-state index in [2.05, 4.69) is 11.8 Å². The summed E-state index contributed by atoms with van der Waals surface area (Å²) in [6, 6.07) is 0. The molecule has 0 aromatic heterocycles. The largest absolute Gasteiger partial charge is 0.503 e. The number of rotatable bonds is 7. The third-order valence-corrected chi connectivity index (χ3v) is 1.54. The van der Waals surface area contributed by atoms with Gasteiger partial charge in [0.25, 0.3) is 0 Å². The highest BCUT2D eigenvalue weighted by atomic mass is 17.1. The molecule has 0 amide bonds. The van der Waals surface area contributed by atoms with E-state index in [4.69, 9.17) is 40.0 Å². The molecule has 9 heteroatoms. The fraction of sp³-hybridized carbons (Fsp3) is 0.800. The van der Waals surface area contributed by atoms with Crippen LogP contribution in [0, 0.1) is 0 Å². The first-order valence-corrected chi connectivity index (χ1v) is 5.53. The normalized spacial score (nSPS) is 10.3. The van der Waals surface area contributed by atoms with Gasteiger partial charge >= 0.3 is 12.3 Å². The predicted octanol–water partition coefficient (Wildman–Crippen LogP) is 2.52. The zero-order valence-electron chi connectivity index (χ0n) is 11.0. The highest BCUT2D eigenvalue weighted by Gasteiger charge is 2.06. The van der Waals surface area contributed by atoms with Crippen molar-refractivity contribution in [3.8, 4) is 0 Å². The topological polar surface area (TPSA) is 154 Å². The van der Waals surface area contributed by atoms with Gasteiger partial charge in [-0.25, -0.2) is 14.5 Å². The highest BCUT2D eigenvalue weighted by Crippen LogP contribution is 2.04. The first kappa shape index (κ1) is 22.6. The van der Waals surface area contributed by atoms with E-state index in [1.165, 1.54) is 0 Å². The number of hydrogen-bond donors (Lipinski definition) is 5. The van der Waals surface area contributed by atoms with Crippen LogP contribution in [0.3, 0.4) is 0 Å². The molecule has 0 aromatic rings. The Morgan fingerprint density at radius 3 is 1.74 bits per heavy atom. The molecule has 0 radical (unpaired) electrons. The highest BCUT2D eigenvalue weighted by molar-refractivity contribution is 5.53. The summed E-state index contributed by atoms with van der Waals surface area (Å²) in [7, 11) is 0. The van der Waals surface area contributed by atoms with Gasteiger partial charge in [-0.2, -0.15) is 0 Å². The Kier molecular flexibility index (Phi) is 22.3. The summed E-state index contributed by atoms with van der Waals surface area (Å²) in [5.74, 6) is 0. The van der Waals surface area contributed by atoms with Crippen molar-refractivity contribution in [3.63, 3.8) is 0 Å². The van der Waals surface area contributed by atoms with E-state index in [0.29, 0.717) is 6.61 Å². The molecule has 0 fully saturated rings.